The summed E-state index contributed by atoms with van der Waals surface area (Å²) in [4.78, 5) is 31.6. The van der Waals surface area contributed by atoms with Gasteiger partial charge in [-0.1, -0.05) is 42.5 Å². The summed E-state index contributed by atoms with van der Waals surface area (Å²) in [5.41, 5.74) is 0.646. The molecule has 1 aliphatic heterocycles. The van der Waals surface area contributed by atoms with Gasteiger partial charge in [-0.2, -0.15) is 13.2 Å². The third-order valence-electron chi connectivity index (χ3n) is 6.08. The van der Waals surface area contributed by atoms with Crippen LogP contribution in [0.3, 0.4) is 0 Å². The second kappa shape index (κ2) is 11.5. The van der Waals surface area contributed by atoms with E-state index in [0.29, 0.717) is 38.2 Å². The second-order valence-corrected chi connectivity index (χ2v) is 9.10. The molecule has 0 bridgehead atoms. The van der Waals surface area contributed by atoms with E-state index in [1.165, 1.54) is 6.07 Å². The molecule has 1 atom stereocenters. The van der Waals surface area contributed by atoms with E-state index in [0.717, 1.165) is 24.1 Å². The topological polar surface area (TPSA) is 43.9 Å². The van der Waals surface area contributed by atoms with Crippen LogP contribution in [0.25, 0.3) is 0 Å². The first-order valence-electron chi connectivity index (χ1n) is 11.5. The molecule has 2 amide bonds. The average molecular weight is 476 g/mol. The van der Waals surface area contributed by atoms with Crippen molar-refractivity contribution < 1.29 is 22.8 Å². The lowest BCUT2D eigenvalue weighted by Gasteiger charge is -2.35. The number of carbonyl (C=O) groups excluding carboxylic acids is 2. The number of rotatable bonds is 8. The Bertz CT molecular complexity index is 963. The van der Waals surface area contributed by atoms with Gasteiger partial charge in [0.05, 0.1) is 17.9 Å². The van der Waals surface area contributed by atoms with Gasteiger partial charge in [0.1, 0.15) is 0 Å². The van der Waals surface area contributed by atoms with Crippen LogP contribution in [0.2, 0.25) is 0 Å². The van der Waals surface area contributed by atoms with Crippen LogP contribution in [0.5, 0.6) is 0 Å². The minimum absolute atomic E-state index is 0.0126. The monoisotopic (exact) mass is 475 g/mol. The highest BCUT2D eigenvalue weighted by Gasteiger charge is 2.33. The van der Waals surface area contributed by atoms with Crippen molar-refractivity contribution in [2.75, 3.05) is 40.3 Å². The third kappa shape index (κ3) is 7.32. The Morgan fingerprint density at radius 1 is 1.00 bits per heavy atom. The molecule has 184 valence electrons. The molecule has 1 saturated heterocycles. The van der Waals surface area contributed by atoms with Crippen molar-refractivity contribution in [3.63, 3.8) is 0 Å². The van der Waals surface area contributed by atoms with E-state index >= 15 is 0 Å². The number of benzene rings is 2. The number of likely N-dealkylation sites (N-methyl/N-ethyl adjacent to an activating group) is 1. The van der Waals surface area contributed by atoms with Crippen LogP contribution in [0.15, 0.2) is 54.6 Å². The summed E-state index contributed by atoms with van der Waals surface area (Å²) in [5.74, 6) is -0.487. The Balaban J connectivity index is 1.70. The molecular formula is C26H32F3N3O2. The molecule has 0 aliphatic carbocycles. The number of hydrogen-bond donors (Lipinski definition) is 0. The molecule has 0 radical (unpaired) electrons. The molecule has 0 N–H and O–H groups in total. The minimum atomic E-state index is -4.43. The van der Waals surface area contributed by atoms with Gasteiger partial charge in [-0.05, 0) is 50.2 Å². The second-order valence-electron chi connectivity index (χ2n) is 9.10. The zero-order valence-corrected chi connectivity index (χ0v) is 19.7. The zero-order chi connectivity index (χ0) is 24.7. The van der Waals surface area contributed by atoms with Crippen molar-refractivity contribution in [2.45, 2.75) is 32.0 Å². The fourth-order valence-electron chi connectivity index (χ4n) is 4.20. The van der Waals surface area contributed by atoms with Crippen molar-refractivity contribution in [1.29, 1.82) is 0 Å². The number of halogens is 3. The van der Waals surface area contributed by atoms with Crippen molar-refractivity contribution in [1.82, 2.24) is 14.7 Å². The van der Waals surface area contributed by atoms with Crippen LogP contribution in [-0.2, 0) is 28.7 Å². The summed E-state index contributed by atoms with van der Waals surface area (Å²) >= 11 is 0. The molecule has 8 heteroatoms. The number of alkyl halides is 3. The van der Waals surface area contributed by atoms with Crippen LogP contribution in [0.1, 0.15) is 29.5 Å². The number of piperidine rings is 1. The zero-order valence-electron chi connectivity index (χ0n) is 19.7. The van der Waals surface area contributed by atoms with Gasteiger partial charge in [0, 0.05) is 32.7 Å². The average Bonchev–Trinajstić information content (AvgIpc) is 2.81. The van der Waals surface area contributed by atoms with Crippen LogP contribution in [-0.4, -0.2) is 66.8 Å². The van der Waals surface area contributed by atoms with E-state index in [4.69, 9.17) is 0 Å². The highest BCUT2D eigenvalue weighted by atomic mass is 19.4. The summed E-state index contributed by atoms with van der Waals surface area (Å²) in [6, 6.07) is 14.6. The normalized spacial score (nSPS) is 16.5. The molecular weight excluding hydrogens is 443 g/mol. The van der Waals surface area contributed by atoms with Crippen LogP contribution >= 0.6 is 0 Å². The largest absolute Gasteiger partial charge is 0.416 e. The first-order chi connectivity index (χ1) is 16.1. The third-order valence-corrected chi connectivity index (χ3v) is 6.08. The Labute approximate surface area is 199 Å². The van der Waals surface area contributed by atoms with Gasteiger partial charge in [-0.25, -0.2) is 0 Å². The maximum absolute atomic E-state index is 13.5. The number of amides is 2. The van der Waals surface area contributed by atoms with Gasteiger partial charge in [0.25, 0.3) is 0 Å². The Morgan fingerprint density at radius 2 is 1.71 bits per heavy atom. The van der Waals surface area contributed by atoms with Gasteiger partial charge >= 0.3 is 6.18 Å². The van der Waals surface area contributed by atoms with E-state index in [2.05, 4.69) is 0 Å². The molecule has 0 saturated carbocycles. The number of hydrogen-bond acceptors (Lipinski definition) is 3. The standard InChI is InChI=1S/C26H32F3N3O2/c1-30(2)14-15-32(18-21-10-6-12-23(16-21)26(27,28)29)25(34)22-11-7-13-31(19-22)24(33)17-20-8-4-3-5-9-20/h3-6,8-10,12,16,22H,7,11,13-15,17-19H2,1-2H3. The smallest absolute Gasteiger partial charge is 0.342 e. The van der Waals surface area contributed by atoms with Gasteiger partial charge in [-0.15, -0.1) is 0 Å². The van der Waals surface area contributed by atoms with Gasteiger partial charge in [-0.3, -0.25) is 9.59 Å². The van der Waals surface area contributed by atoms with Crippen molar-refractivity contribution >= 4 is 11.8 Å². The Morgan fingerprint density at radius 3 is 2.38 bits per heavy atom. The van der Waals surface area contributed by atoms with Crippen molar-refractivity contribution in [2.24, 2.45) is 5.92 Å². The fraction of sp³-hybridized carbons (Fsp3) is 0.462. The van der Waals surface area contributed by atoms with Crippen LogP contribution < -0.4 is 0 Å². The highest BCUT2D eigenvalue weighted by molar-refractivity contribution is 5.82. The molecule has 34 heavy (non-hydrogen) atoms. The van der Waals surface area contributed by atoms with Gasteiger partial charge in [0.15, 0.2) is 0 Å². The lowest BCUT2D eigenvalue weighted by molar-refractivity contribution is -0.141. The van der Waals surface area contributed by atoms with E-state index < -0.39 is 11.7 Å². The summed E-state index contributed by atoms with van der Waals surface area (Å²) in [7, 11) is 3.77. The molecule has 1 unspecified atom stereocenters. The predicted octanol–water partition coefficient (Wildman–Crippen LogP) is 4.08. The lowest BCUT2D eigenvalue weighted by atomic mass is 9.95. The maximum Gasteiger partial charge on any atom is 0.416 e. The van der Waals surface area contributed by atoms with E-state index in [1.807, 2.05) is 49.3 Å². The minimum Gasteiger partial charge on any atom is -0.342 e. The number of carbonyl (C=O) groups is 2. The SMILES string of the molecule is CN(C)CCN(Cc1cccc(C(F)(F)F)c1)C(=O)C1CCCN(C(=O)Cc2ccccc2)C1. The molecule has 1 aliphatic rings. The van der Waals surface area contributed by atoms with Crippen molar-refractivity contribution in [3.8, 4) is 0 Å². The quantitative estimate of drug-likeness (QED) is 0.578. The molecule has 1 fully saturated rings. The fourth-order valence-corrected chi connectivity index (χ4v) is 4.20. The maximum atomic E-state index is 13.5. The first-order valence-corrected chi connectivity index (χ1v) is 11.5. The summed E-state index contributed by atoms with van der Waals surface area (Å²) in [6.45, 7) is 2.04. The van der Waals surface area contributed by atoms with Crippen LogP contribution in [0, 0.1) is 5.92 Å². The molecule has 1 heterocycles. The number of likely N-dealkylation sites (tertiary alicyclic amines) is 1. The Kier molecular flexibility index (Phi) is 8.72. The first kappa shape index (κ1) is 25.7. The predicted molar refractivity (Wildman–Crippen MR) is 125 cm³/mol. The summed E-state index contributed by atoms with van der Waals surface area (Å²) in [6.07, 6.45) is -2.76. The van der Waals surface area contributed by atoms with E-state index in [1.54, 1.807) is 15.9 Å². The molecule has 0 spiro atoms. The lowest BCUT2D eigenvalue weighted by Crippen LogP contribution is -2.48. The summed E-state index contributed by atoms with van der Waals surface area (Å²) in [5, 5.41) is 0. The molecule has 3 rings (SSSR count). The number of nitrogens with zero attached hydrogens (tertiary/aromatic N) is 3. The van der Waals surface area contributed by atoms with E-state index in [-0.39, 0.29) is 30.7 Å². The molecule has 0 aromatic heterocycles. The van der Waals surface area contributed by atoms with Crippen LogP contribution in [0.4, 0.5) is 13.2 Å². The molecule has 2 aromatic carbocycles. The molecule has 2 aromatic rings. The van der Waals surface area contributed by atoms with E-state index in [9.17, 15) is 22.8 Å². The summed E-state index contributed by atoms with van der Waals surface area (Å²) < 4.78 is 39.5. The highest BCUT2D eigenvalue weighted by Crippen LogP contribution is 2.30. The van der Waals surface area contributed by atoms with Gasteiger partial charge < -0.3 is 14.7 Å². The molecule has 5 nitrogen and oxygen atoms in total. The van der Waals surface area contributed by atoms with Crippen molar-refractivity contribution in [3.05, 3.63) is 71.3 Å². The van der Waals surface area contributed by atoms with Gasteiger partial charge in [0.2, 0.25) is 11.8 Å². The Hall–Kier alpha value is -2.87.